The zero-order valence-electron chi connectivity index (χ0n) is 18.4. The van der Waals surface area contributed by atoms with Crippen LogP contribution in [0.5, 0.6) is 0 Å². The standard InChI is InChI=1S/C25H24F3N3O2/c1-14-3-4-15(2)16(7-14)10-23(32)31-19-11-20(31)13-30(12-19)24(33)22-9-17-8-18(25(26,27)28)5-6-21(17)29-22/h3-9,19-20,29H,10-13H2,1-2H3. The van der Waals surface area contributed by atoms with Gasteiger partial charge >= 0.3 is 6.18 Å². The minimum Gasteiger partial charge on any atom is -0.351 e. The van der Waals surface area contributed by atoms with E-state index in [0.29, 0.717) is 30.4 Å². The summed E-state index contributed by atoms with van der Waals surface area (Å²) in [5.74, 6) is -0.182. The molecule has 2 bridgehead atoms. The molecule has 3 aromatic rings. The molecule has 2 unspecified atom stereocenters. The molecule has 6 rings (SSSR count). The van der Waals surface area contributed by atoms with Crippen LogP contribution in [0, 0.1) is 13.8 Å². The summed E-state index contributed by atoms with van der Waals surface area (Å²) in [4.78, 5) is 32.5. The number of aromatic amines is 1. The van der Waals surface area contributed by atoms with E-state index in [0.717, 1.165) is 35.2 Å². The maximum atomic E-state index is 13.0. The van der Waals surface area contributed by atoms with E-state index >= 15 is 0 Å². The third-order valence-corrected chi connectivity index (χ3v) is 6.79. The minimum absolute atomic E-state index is 0.0217. The van der Waals surface area contributed by atoms with Gasteiger partial charge in [-0.25, -0.2) is 0 Å². The normalized spacial score (nSPS) is 20.2. The van der Waals surface area contributed by atoms with E-state index in [9.17, 15) is 22.8 Å². The van der Waals surface area contributed by atoms with Gasteiger partial charge in [0.25, 0.3) is 5.91 Å². The van der Waals surface area contributed by atoms with Gasteiger partial charge in [0.05, 0.1) is 24.1 Å². The van der Waals surface area contributed by atoms with Crippen LogP contribution in [-0.4, -0.2) is 51.8 Å². The van der Waals surface area contributed by atoms with Crippen molar-refractivity contribution >= 4 is 22.7 Å². The Morgan fingerprint density at radius 2 is 1.76 bits per heavy atom. The molecule has 8 heteroatoms. The number of amides is 2. The number of rotatable bonds is 3. The Labute approximate surface area is 189 Å². The maximum Gasteiger partial charge on any atom is 0.416 e. The van der Waals surface area contributed by atoms with E-state index in [1.54, 1.807) is 4.90 Å². The molecule has 0 spiro atoms. The van der Waals surface area contributed by atoms with Gasteiger partial charge in [-0.05, 0) is 55.7 Å². The number of carbonyl (C=O) groups excluding carboxylic acids is 2. The Hall–Kier alpha value is -3.29. The number of nitrogens with zero attached hydrogens (tertiary/aromatic N) is 2. The van der Waals surface area contributed by atoms with Crippen LogP contribution in [0.25, 0.3) is 10.9 Å². The van der Waals surface area contributed by atoms with Gasteiger partial charge in [-0.15, -0.1) is 0 Å². The number of nitrogens with one attached hydrogen (secondary N) is 1. The van der Waals surface area contributed by atoms with E-state index in [4.69, 9.17) is 0 Å². The number of H-pyrrole nitrogens is 1. The first kappa shape index (κ1) is 21.6. The first-order chi connectivity index (χ1) is 15.6. The molecule has 0 aliphatic carbocycles. The first-order valence-electron chi connectivity index (χ1n) is 11.0. The monoisotopic (exact) mass is 455 g/mol. The first-order valence-corrected chi connectivity index (χ1v) is 11.0. The van der Waals surface area contributed by atoms with Crippen LogP contribution in [0.3, 0.4) is 0 Å². The molecule has 1 aromatic heterocycles. The average Bonchev–Trinajstić information content (AvgIpc) is 3.18. The quantitative estimate of drug-likeness (QED) is 0.634. The molecule has 3 saturated heterocycles. The highest BCUT2D eigenvalue weighted by molar-refractivity contribution is 5.98. The van der Waals surface area contributed by atoms with E-state index < -0.39 is 11.7 Å². The van der Waals surface area contributed by atoms with E-state index in [1.807, 2.05) is 36.9 Å². The number of benzene rings is 2. The Morgan fingerprint density at radius 3 is 2.45 bits per heavy atom. The van der Waals surface area contributed by atoms with Gasteiger partial charge in [-0.1, -0.05) is 23.8 Å². The van der Waals surface area contributed by atoms with Crippen LogP contribution < -0.4 is 0 Å². The Balaban J connectivity index is 1.27. The van der Waals surface area contributed by atoms with E-state index in [2.05, 4.69) is 4.98 Å². The van der Waals surface area contributed by atoms with Crippen LogP contribution in [0.4, 0.5) is 13.2 Å². The highest BCUT2D eigenvalue weighted by Gasteiger charge is 2.48. The predicted molar refractivity (Wildman–Crippen MR) is 118 cm³/mol. The van der Waals surface area contributed by atoms with Crippen LogP contribution in [0.15, 0.2) is 42.5 Å². The van der Waals surface area contributed by atoms with Gasteiger partial charge in [0.1, 0.15) is 5.69 Å². The summed E-state index contributed by atoms with van der Waals surface area (Å²) in [5.41, 5.74) is 3.23. The smallest absolute Gasteiger partial charge is 0.351 e. The third kappa shape index (κ3) is 3.87. The largest absolute Gasteiger partial charge is 0.416 e. The number of halogens is 3. The van der Waals surface area contributed by atoms with Crippen molar-refractivity contribution < 1.29 is 22.8 Å². The second kappa shape index (κ2) is 7.64. The van der Waals surface area contributed by atoms with Crippen molar-refractivity contribution in [1.82, 2.24) is 14.8 Å². The lowest BCUT2D eigenvalue weighted by molar-refractivity contribution is -0.151. The molecule has 1 N–H and O–H groups in total. The van der Waals surface area contributed by atoms with Crippen LogP contribution in [-0.2, 0) is 17.4 Å². The zero-order chi connectivity index (χ0) is 23.5. The van der Waals surface area contributed by atoms with Crippen LogP contribution in [0.2, 0.25) is 0 Å². The zero-order valence-corrected chi connectivity index (χ0v) is 18.4. The van der Waals surface area contributed by atoms with E-state index in [1.165, 1.54) is 12.1 Å². The minimum atomic E-state index is -4.43. The Kier molecular flexibility index (Phi) is 4.99. The maximum absolute atomic E-state index is 13.0. The summed E-state index contributed by atoms with van der Waals surface area (Å²) in [6, 6.07) is 10.9. The molecule has 2 aromatic carbocycles. The summed E-state index contributed by atoms with van der Waals surface area (Å²) in [6.45, 7) is 4.86. The second-order valence-corrected chi connectivity index (χ2v) is 9.14. The van der Waals surface area contributed by atoms with Gasteiger partial charge in [-0.3, -0.25) is 9.59 Å². The van der Waals surface area contributed by atoms with E-state index in [-0.39, 0.29) is 29.6 Å². The molecule has 0 saturated carbocycles. The lowest BCUT2D eigenvalue weighted by Crippen LogP contribution is -2.71. The number of carbonyl (C=O) groups is 2. The number of aromatic nitrogens is 1. The predicted octanol–water partition coefficient (Wildman–Crippen LogP) is 4.47. The molecule has 5 nitrogen and oxygen atoms in total. The summed E-state index contributed by atoms with van der Waals surface area (Å²) in [5, 5.41) is 0.348. The molecule has 4 heterocycles. The molecule has 2 atom stereocenters. The highest BCUT2D eigenvalue weighted by Crippen LogP contribution is 2.35. The fourth-order valence-electron chi connectivity index (χ4n) is 5.02. The number of hydrogen-bond donors (Lipinski definition) is 1. The van der Waals surface area contributed by atoms with Crippen LogP contribution in [0.1, 0.15) is 39.2 Å². The summed E-state index contributed by atoms with van der Waals surface area (Å²) in [6.07, 6.45) is -3.22. The Morgan fingerprint density at radius 1 is 1.03 bits per heavy atom. The molecule has 33 heavy (non-hydrogen) atoms. The second-order valence-electron chi connectivity index (χ2n) is 9.14. The topological polar surface area (TPSA) is 56.4 Å². The van der Waals surface area contributed by atoms with Gasteiger partial charge in [0.15, 0.2) is 0 Å². The molecule has 0 radical (unpaired) electrons. The number of piperidine rings is 1. The summed E-state index contributed by atoms with van der Waals surface area (Å²) < 4.78 is 39.0. The molecule has 2 amide bonds. The number of piperazine rings is 1. The molecule has 3 aliphatic rings. The van der Waals surface area contributed by atoms with Crippen LogP contribution >= 0.6 is 0 Å². The Bertz CT molecular complexity index is 1250. The van der Waals surface area contributed by atoms with Crippen molar-refractivity contribution in [3.8, 4) is 0 Å². The van der Waals surface area contributed by atoms with Crippen molar-refractivity contribution in [2.24, 2.45) is 0 Å². The van der Waals surface area contributed by atoms with Gasteiger partial charge < -0.3 is 14.8 Å². The van der Waals surface area contributed by atoms with Gasteiger partial charge in [-0.2, -0.15) is 13.2 Å². The van der Waals surface area contributed by atoms with Crippen molar-refractivity contribution in [3.63, 3.8) is 0 Å². The number of hydrogen-bond acceptors (Lipinski definition) is 2. The summed E-state index contributed by atoms with van der Waals surface area (Å²) >= 11 is 0. The molecular weight excluding hydrogens is 431 g/mol. The van der Waals surface area contributed by atoms with Gasteiger partial charge in [0, 0.05) is 24.0 Å². The molecular formula is C25H24F3N3O2. The molecule has 3 fully saturated rings. The lowest BCUT2D eigenvalue weighted by atomic mass is 9.86. The molecule has 3 aliphatic heterocycles. The lowest BCUT2D eigenvalue weighted by Gasteiger charge is -2.56. The fourth-order valence-corrected chi connectivity index (χ4v) is 5.02. The van der Waals surface area contributed by atoms with Crippen molar-refractivity contribution in [2.75, 3.05) is 13.1 Å². The fraction of sp³-hybridized carbons (Fsp3) is 0.360. The van der Waals surface area contributed by atoms with Crippen molar-refractivity contribution in [3.05, 3.63) is 70.4 Å². The number of alkyl halides is 3. The van der Waals surface area contributed by atoms with Crippen molar-refractivity contribution in [1.29, 1.82) is 0 Å². The van der Waals surface area contributed by atoms with Crippen molar-refractivity contribution in [2.45, 2.75) is 44.9 Å². The number of fused-ring (bicyclic) bond motifs is 3. The average molecular weight is 455 g/mol. The SMILES string of the molecule is Cc1ccc(C)c(CC(=O)N2C3CC2CN(C(=O)c2cc4cc(C(F)(F)F)ccc4[nH]2)C3)c1. The molecule has 172 valence electrons. The third-order valence-electron chi connectivity index (χ3n) is 6.79. The number of aryl methyl sites for hydroxylation is 2. The summed E-state index contributed by atoms with van der Waals surface area (Å²) in [7, 11) is 0. The van der Waals surface area contributed by atoms with Gasteiger partial charge in [0.2, 0.25) is 5.91 Å². The highest BCUT2D eigenvalue weighted by atomic mass is 19.4.